The number of amides is 1. The molecule has 0 aliphatic heterocycles. The highest BCUT2D eigenvalue weighted by atomic mass is 32.2. The molecular formula is C22H23N3O3S. The van der Waals surface area contributed by atoms with Gasteiger partial charge in [0, 0.05) is 26.2 Å². The zero-order valence-corrected chi connectivity index (χ0v) is 17.4. The number of rotatable bonds is 6. The third kappa shape index (κ3) is 4.70. The number of pyridine rings is 1. The van der Waals surface area contributed by atoms with Crippen molar-refractivity contribution in [2.24, 2.45) is 0 Å². The number of nitrogens with one attached hydrogen (secondary N) is 1. The number of aromatic nitrogens is 1. The van der Waals surface area contributed by atoms with Crippen molar-refractivity contribution in [3.05, 3.63) is 83.6 Å². The SMILES string of the molecule is Cc1nc(-c2ccccc2)ccc1C(=O)NCc1ccc(S(=O)(=O)N(C)C)cc1. The highest BCUT2D eigenvalue weighted by Crippen LogP contribution is 2.19. The molecular weight excluding hydrogens is 386 g/mol. The van der Waals surface area contributed by atoms with Crippen LogP contribution in [0.5, 0.6) is 0 Å². The van der Waals surface area contributed by atoms with Crippen molar-refractivity contribution < 1.29 is 13.2 Å². The van der Waals surface area contributed by atoms with Gasteiger partial charge in [0.2, 0.25) is 10.0 Å². The van der Waals surface area contributed by atoms with Gasteiger partial charge in [0.25, 0.3) is 5.91 Å². The fraction of sp³-hybridized carbons (Fsp3) is 0.182. The minimum atomic E-state index is -3.46. The number of nitrogens with zero attached hydrogens (tertiary/aromatic N) is 2. The van der Waals surface area contributed by atoms with E-state index in [1.807, 2.05) is 43.3 Å². The van der Waals surface area contributed by atoms with Crippen molar-refractivity contribution >= 4 is 15.9 Å². The van der Waals surface area contributed by atoms with Crippen LogP contribution in [0.3, 0.4) is 0 Å². The number of carbonyl (C=O) groups excluding carboxylic acids is 1. The van der Waals surface area contributed by atoms with Crippen molar-refractivity contribution in [3.8, 4) is 11.3 Å². The summed E-state index contributed by atoms with van der Waals surface area (Å²) < 4.78 is 25.4. The molecule has 0 bridgehead atoms. The van der Waals surface area contributed by atoms with Crippen LogP contribution in [0.25, 0.3) is 11.3 Å². The molecule has 1 heterocycles. The monoisotopic (exact) mass is 409 g/mol. The van der Waals surface area contributed by atoms with Gasteiger partial charge in [0.05, 0.1) is 21.8 Å². The van der Waals surface area contributed by atoms with Gasteiger partial charge in [-0.05, 0) is 36.8 Å². The fourth-order valence-electron chi connectivity index (χ4n) is 2.84. The van der Waals surface area contributed by atoms with Gasteiger partial charge >= 0.3 is 0 Å². The molecule has 29 heavy (non-hydrogen) atoms. The molecule has 7 heteroatoms. The molecule has 1 amide bonds. The lowest BCUT2D eigenvalue weighted by atomic mass is 10.1. The van der Waals surface area contributed by atoms with Gasteiger partial charge in [0.15, 0.2) is 0 Å². The van der Waals surface area contributed by atoms with Crippen molar-refractivity contribution in [1.29, 1.82) is 0 Å². The minimum Gasteiger partial charge on any atom is -0.348 e. The Morgan fingerprint density at radius 2 is 1.62 bits per heavy atom. The Hall–Kier alpha value is -3.03. The Morgan fingerprint density at radius 1 is 0.966 bits per heavy atom. The summed E-state index contributed by atoms with van der Waals surface area (Å²) in [5.74, 6) is -0.223. The van der Waals surface area contributed by atoms with E-state index in [9.17, 15) is 13.2 Å². The molecule has 3 aromatic rings. The molecule has 150 valence electrons. The molecule has 0 unspecified atom stereocenters. The molecule has 0 saturated heterocycles. The van der Waals surface area contributed by atoms with Crippen LogP contribution in [0.4, 0.5) is 0 Å². The average molecular weight is 410 g/mol. The number of aryl methyl sites for hydroxylation is 1. The van der Waals surface area contributed by atoms with Crippen LogP contribution >= 0.6 is 0 Å². The van der Waals surface area contributed by atoms with Crippen molar-refractivity contribution in [2.75, 3.05) is 14.1 Å². The van der Waals surface area contributed by atoms with Crippen molar-refractivity contribution in [3.63, 3.8) is 0 Å². The first kappa shape index (κ1) is 20.7. The lowest BCUT2D eigenvalue weighted by Gasteiger charge is -2.12. The molecule has 0 radical (unpaired) electrons. The predicted octanol–water partition coefficient (Wildman–Crippen LogP) is 3.24. The van der Waals surface area contributed by atoms with Crippen LogP contribution in [0.2, 0.25) is 0 Å². The second kappa shape index (κ2) is 8.55. The highest BCUT2D eigenvalue weighted by Gasteiger charge is 2.17. The first-order valence-electron chi connectivity index (χ1n) is 9.12. The highest BCUT2D eigenvalue weighted by molar-refractivity contribution is 7.89. The van der Waals surface area contributed by atoms with Gasteiger partial charge in [-0.3, -0.25) is 9.78 Å². The van der Waals surface area contributed by atoms with Crippen molar-refractivity contribution in [1.82, 2.24) is 14.6 Å². The Bertz CT molecular complexity index is 1110. The minimum absolute atomic E-state index is 0.217. The standard InChI is InChI=1S/C22H23N3O3S/c1-16-20(13-14-21(24-16)18-7-5-4-6-8-18)22(26)23-15-17-9-11-19(12-10-17)29(27,28)25(2)3/h4-14H,15H2,1-3H3,(H,23,26). The molecule has 0 saturated carbocycles. The predicted molar refractivity (Wildman–Crippen MR) is 113 cm³/mol. The summed E-state index contributed by atoms with van der Waals surface area (Å²) in [6.45, 7) is 2.10. The number of carbonyl (C=O) groups is 1. The zero-order valence-electron chi connectivity index (χ0n) is 16.6. The van der Waals surface area contributed by atoms with Gasteiger partial charge in [-0.2, -0.15) is 0 Å². The van der Waals surface area contributed by atoms with E-state index >= 15 is 0 Å². The first-order valence-corrected chi connectivity index (χ1v) is 10.6. The Labute approximate surface area is 171 Å². The lowest BCUT2D eigenvalue weighted by molar-refractivity contribution is 0.0950. The third-order valence-corrected chi connectivity index (χ3v) is 6.38. The summed E-state index contributed by atoms with van der Waals surface area (Å²) in [6, 6.07) is 19.9. The summed E-state index contributed by atoms with van der Waals surface area (Å²) in [5, 5.41) is 2.86. The van der Waals surface area contributed by atoms with Gasteiger partial charge in [0.1, 0.15) is 0 Å². The fourth-order valence-corrected chi connectivity index (χ4v) is 3.74. The summed E-state index contributed by atoms with van der Waals surface area (Å²) in [4.78, 5) is 17.3. The van der Waals surface area contributed by atoms with Crippen LogP contribution in [0, 0.1) is 6.92 Å². The Kier molecular flexibility index (Phi) is 6.10. The maximum Gasteiger partial charge on any atom is 0.253 e. The van der Waals surface area contributed by atoms with Crippen LogP contribution in [0.1, 0.15) is 21.6 Å². The second-order valence-corrected chi connectivity index (χ2v) is 8.96. The summed E-state index contributed by atoms with van der Waals surface area (Å²) >= 11 is 0. The van der Waals surface area contributed by atoms with Gasteiger partial charge in [-0.25, -0.2) is 12.7 Å². The molecule has 0 aliphatic carbocycles. The molecule has 0 aliphatic rings. The normalized spacial score (nSPS) is 11.4. The van der Waals surface area contributed by atoms with E-state index in [2.05, 4.69) is 10.3 Å². The maximum atomic E-state index is 12.5. The van der Waals surface area contributed by atoms with Gasteiger partial charge in [-0.15, -0.1) is 0 Å². The number of hydrogen-bond acceptors (Lipinski definition) is 4. The smallest absolute Gasteiger partial charge is 0.253 e. The first-order chi connectivity index (χ1) is 13.8. The van der Waals surface area contributed by atoms with Crippen LogP contribution in [-0.2, 0) is 16.6 Å². The molecule has 1 N–H and O–H groups in total. The molecule has 1 aromatic heterocycles. The molecule has 2 aromatic carbocycles. The van der Waals surface area contributed by atoms with E-state index in [1.165, 1.54) is 30.5 Å². The number of benzene rings is 2. The quantitative estimate of drug-likeness (QED) is 0.678. The lowest BCUT2D eigenvalue weighted by Crippen LogP contribution is -2.24. The Balaban J connectivity index is 1.68. The zero-order chi connectivity index (χ0) is 21.0. The van der Waals surface area contributed by atoms with Crippen LogP contribution < -0.4 is 5.32 Å². The van der Waals surface area contributed by atoms with E-state index in [4.69, 9.17) is 0 Å². The van der Waals surface area contributed by atoms with E-state index < -0.39 is 10.0 Å². The second-order valence-electron chi connectivity index (χ2n) is 6.81. The average Bonchev–Trinajstić information content (AvgIpc) is 2.72. The molecule has 6 nitrogen and oxygen atoms in total. The largest absolute Gasteiger partial charge is 0.348 e. The third-order valence-electron chi connectivity index (χ3n) is 4.55. The van der Waals surface area contributed by atoms with Crippen LogP contribution in [-0.4, -0.2) is 37.7 Å². The molecule has 0 spiro atoms. The molecule has 0 atom stereocenters. The topological polar surface area (TPSA) is 79.4 Å². The van der Waals surface area contributed by atoms with E-state index in [0.717, 1.165) is 16.8 Å². The van der Waals surface area contributed by atoms with Gasteiger partial charge in [-0.1, -0.05) is 42.5 Å². The number of hydrogen-bond donors (Lipinski definition) is 1. The molecule has 3 rings (SSSR count). The van der Waals surface area contributed by atoms with E-state index in [-0.39, 0.29) is 10.8 Å². The summed E-state index contributed by atoms with van der Waals surface area (Å²) in [5.41, 5.74) is 3.78. The maximum absolute atomic E-state index is 12.5. The van der Waals surface area contributed by atoms with E-state index in [1.54, 1.807) is 18.2 Å². The van der Waals surface area contributed by atoms with Crippen LogP contribution in [0.15, 0.2) is 71.6 Å². The van der Waals surface area contributed by atoms with E-state index in [0.29, 0.717) is 17.8 Å². The van der Waals surface area contributed by atoms with Crippen molar-refractivity contribution in [2.45, 2.75) is 18.4 Å². The number of sulfonamides is 1. The molecule has 0 fully saturated rings. The van der Waals surface area contributed by atoms with Gasteiger partial charge < -0.3 is 5.32 Å². The summed E-state index contributed by atoms with van der Waals surface area (Å²) in [6.07, 6.45) is 0. The Morgan fingerprint density at radius 3 is 2.21 bits per heavy atom. The summed E-state index contributed by atoms with van der Waals surface area (Å²) in [7, 11) is -0.485.